The summed E-state index contributed by atoms with van der Waals surface area (Å²) in [5.74, 6) is 1.14. The summed E-state index contributed by atoms with van der Waals surface area (Å²) in [6.45, 7) is 4.67. The lowest BCUT2D eigenvalue weighted by molar-refractivity contribution is -0.137. The van der Waals surface area contributed by atoms with Gasteiger partial charge in [-0.15, -0.1) is 11.3 Å². The summed E-state index contributed by atoms with van der Waals surface area (Å²) in [7, 11) is 0. The molecule has 2 aromatic rings. The Morgan fingerprint density at radius 1 is 1.25 bits per heavy atom. The third-order valence-electron chi connectivity index (χ3n) is 7.66. The van der Waals surface area contributed by atoms with Crippen molar-refractivity contribution in [1.29, 1.82) is 0 Å². The number of benzene rings is 1. The summed E-state index contributed by atoms with van der Waals surface area (Å²) in [5.41, 5.74) is 0.830. The zero-order valence-corrected chi connectivity index (χ0v) is 19.5. The van der Waals surface area contributed by atoms with E-state index in [2.05, 4.69) is 31.0 Å². The highest BCUT2D eigenvalue weighted by atomic mass is 32.1. The van der Waals surface area contributed by atoms with Gasteiger partial charge in [0.15, 0.2) is 0 Å². The van der Waals surface area contributed by atoms with Crippen LogP contribution in [-0.2, 0) is 4.79 Å². The number of allylic oxidation sites excluding steroid dienone is 2. The number of aliphatic carboxylic acids is 1. The van der Waals surface area contributed by atoms with Gasteiger partial charge in [0, 0.05) is 34.0 Å². The molecule has 1 heterocycles. The summed E-state index contributed by atoms with van der Waals surface area (Å²) < 4.78 is 0.966. The molecule has 2 bridgehead atoms. The summed E-state index contributed by atoms with van der Waals surface area (Å²) >= 11 is 1.49. The van der Waals surface area contributed by atoms with E-state index in [1.807, 2.05) is 17.7 Å². The Hall–Kier alpha value is -2.47. The van der Waals surface area contributed by atoms with Crippen LogP contribution in [0.5, 0.6) is 5.75 Å². The number of aromatic hydroxyl groups is 1. The van der Waals surface area contributed by atoms with Gasteiger partial charge in [0.1, 0.15) is 5.75 Å². The van der Waals surface area contributed by atoms with Gasteiger partial charge in [-0.05, 0) is 73.5 Å². The lowest BCUT2D eigenvalue weighted by Gasteiger charge is -2.62. The van der Waals surface area contributed by atoms with Gasteiger partial charge in [-0.1, -0.05) is 26.0 Å². The maximum Gasteiger partial charge on any atom is 0.303 e. The average Bonchev–Trinajstić information content (AvgIpc) is 3.17. The molecule has 0 radical (unpaired) electrons. The number of carbonyl (C=O) groups excluding carboxylic acids is 1. The van der Waals surface area contributed by atoms with Crippen LogP contribution in [0.25, 0.3) is 10.1 Å². The van der Waals surface area contributed by atoms with E-state index in [9.17, 15) is 14.7 Å². The second kappa shape index (κ2) is 9.18. The van der Waals surface area contributed by atoms with Crippen molar-refractivity contribution in [2.24, 2.45) is 34.1 Å². The lowest BCUT2D eigenvalue weighted by atomic mass is 9.43. The van der Waals surface area contributed by atoms with E-state index in [0.717, 1.165) is 35.3 Å². The number of fused-ring (bicyclic) bond motifs is 3. The number of carboxylic acids is 1. The molecule has 0 saturated heterocycles. The molecule has 1 aromatic heterocycles. The minimum absolute atomic E-state index is 0.152. The van der Waals surface area contributed by atoms with E-state index in [1.54, 1.807) is 12.1 Å². The molecule has 6 heteroatoms. The molecule has 1 unspecified atom stereocenters. The highest BCUT2D eigenvalue weighted by Crippen LogP contribution is 2.63. The van der Waals surface area contributed by atoms with Gasteiger partial charge >= 0.3 is 5.97 Å². The Morgan fingerprint density at radius 2 is 2.06 bits per heavy atom. The molecule has 4 atom stereocenters. The number of unbranched alkanes of at least 4 members (excludes halogenated alkanes) is 1. The van der Waals surface area contributed by atoms with Gasteiger partial charge in [-0.2, -0.15) is 0 Å². The Bertz CT molecular complexity index is 1070. The molecule has 0 spiro atoms. The minimum Gasteiger partial charge on any atom is -0.508 e. The van der Waals surface area contributed by atoms with Crippen molar-refractivity contribution >= 4 is 39.5 Å². The number of hydrogen-bond acceptors (Lipinski definition) is 4. The molecule has 2 N–H and O–H groups in total. The van der Waals surface area contributed by atoms with Crippen molar-refractivity contribution in [3.05, 3.63) is 41.3 Å². The van der Waals surface area contributed by atoms with E-state index in [1.165, 1.54) is 17.8 Å². The van der Waals surface area contributed by atoms with Gasteiger partial charge in [0.25, 0.3) is 5.91 Å². The predicted octanol–water partition coefficient (Wildman–Crippen LogP) is 6.32. The number of carbonyl (C=O) groups is 2. The number of phenols is 1. The number of hydrogen-bond donors (Lipinski definition) is 2. The Morgan fingerprint density at radius 3 is 2.81 bits per heavy atom. The van der Waals surface area contributed by atoms with Gasteiger partial charge in [0.05, 0.1) is 5.56 Å². The summed E-state index contributed by atoms with van der Waals surface area (Å²) in [6.07, 6.45) is 11.1. The molecule has 32 heavy (non-hydrogen) atoms. The molecule has 3 aliphatic rings. The number of carboxylic acid groups (broad SMARTS) is 1. The van der Waals surface area contributed by atoms with Crippen molar-refractivity contribution in [3.8, 4) is 5.75 Å². The van der Waals surface area contributed by atoms with Crippen molar-refractivity contribution in [3.63, 3.8) is 0 Å². The quantitative estimate of drug-likeness (QED) is 0.278. The topological polar surface area (TPSA) is 87.0 Å². The molecular weight excluding hydrogens is 422 g/mol. The van der Waals surface area contributed by atoms with Crippen LogP contribution in [0.4, 0.5) is 0 Å². The smallest absolute Gasteiger partial charge is 0.303 e. The van der Waals surface area contributed by atoms with Gasteiger partial charge < -0.3 is 10.2 Å². The predicted molar refractivity (Wildman–Crippen MR) is 129 cm³/mol. The van der Waals surface area contributed by atoms with Crippen molar-refractivity contribution < 1.29 is 19.8 Å². The monoisotopic (exact) mass is 453 g/mol. The first-order chi connectivity index (χ1) is 15.3. The number of amides is 1. The van der Waals surface area contributed by atoms with Crippen molar-refractivity contribution in [2.75, 3.05) is 0 Å². The second-order valence-electron chi connectivity index (χ2n) is 9.84. The number of thiophene rings is 1. The van der Waals surface area contributed by atoms with Crippen LogP contribution < -0.4 is 0 Å². The highest BCUT2D eigenvalue weighted by Gasteiger charge is 2.56. The van der Waals surface area contributed by atoms with E-state index < -0.39 is 5.97 Å². The second-order valence-corrected chi connectivity index (χ2v) is 10.8. The molecule has 1 amide bonds. The first kappa shape index (κ1) is 22.7. The number of nitrogens with zero attached hydrogens (tertiary/aromatic N) is 1. The van der Waals surface area contributed by atoms with Crippen molar-refractivity contribution in [2.45, 2.75) is 52.4 Å². The minimum atomic E-state index is -0.748. The van der Waals surface area contributed by atoms with E-state index in [0.29, 0.717) is 23.8 Å². The van der Waals surface area contributed by atoms with E-state index in [-0.39, 0.29) is 29.4 Å². The van der Waals surface area contributed by atoms with Crippen molar-refractivity contribution in [1.82, 2.24) is 0 Å². The molecule has 3 aliphatic carbocycles. The number of aliphatic imine (C=N–C) groups is 1. The molecule has 170 valence electrons. The molecule has 3 saturated carbocycles. The molecule has 3 fully saturated rings. The Labute approximate surface area is 192 Å². The molecular formula is C26H31NO4S. The van der Waals surface area contributed by atoms with Crippen LogP contribution >= 0.6 is 11.3 Å². The van der Waals surface area contributed by atoms with Crippen LogP contribution in [-0.4, -0.2) is 28.3 Å². The lowest BCUT2D eigenvalue weighted by Crippen LogP contribution is -2.56. The normalized spacial score (nSPS) is 26.6. The first-order valence-electron chi connectivity index (χ1n) is 11.4. The summed E-state index contributed by atoms with van der Waals surface area (Å²) in [6, 6.07) is 5.09. The SMILES string of the molecule is CC1(C)[C@H]2C[C@H](C/C=C\CCCC(=O)O)C(C=NC(=O)c3csc4ccc(O)cc34)[C@@H]1C2. The van der Waals surface area contributed by atoms with Gasteiger partial charge in [-0.3, -0.25) is 9.59 Å². The van der Waals surface area contributed by atoms with E-state index >= 15 is 0 Å². The maximum absolute atomic E-state index is 12.9. The van der Waals surface area contributed by atoms with Crippen LogP contribution in [0.2, 0.25) is 0 Å². The van der Waals surface area contributed by atoms with E-state index in [4.69, 9.17) is 5.11 Å². The fraction of sp³-hybridized carbons (Fsp3) is 0.500. The average molecular weight is 454 g/mol. The largest absolute Gasteiger partial charge is 0.508 e. The summed E-state index contributed by atoms with van der Waals surface area (Å²) in [4.78, 5) is 28.0. The zero-order chi connectivity index (χ0) is 22.9. The fourth-order valence-corrected chi connectivity index (χ4v) is 6.52. The zero-order valence-electron chi connectivity index (χ0n) is 18.7. The first-order valence-corrected chi connectivity index (χ1v) is 12.3. The highest BCUT2D eigenvalue weighted by molar-refractivity contribution is 7.17. The number of phenolic OH excluding ortho intramolecular Hbond substituents is 1. The van der Waals surface area contributed by atoms with Crippen LogP contribution in [0.3, 0.4) is 0 Å². The summed E-state index contributed by atoms with van der Waals surface area (Å²) in [5, 5.41) is 21.1. The van der Waals surface area contributed by atoms with Gasteiger partial charge in [0.2, 0.25) is 0 Å². The fourth-order valence-electron chi connectivity index (χ4n) is 5.61. The third kappa shape index (κ3) is 4.51. The van der Waals surface area contributed by atoms with Gasteiger partial charge in [-0.25, -0.2) is 4.99 Å². The number of rotatable bonds is 8. The van der Waals surface area contributed by atoms with Crippen LogP contribution in [0, 0.1) is 29.1 Å². The molecule has 5 rings (SSSR count). The third-order valence-corrected chi connectivity index (χ3v) is 8.62. The van der Waals surface area contributed by atoms with Crippen LogP contribution in [0.1, 0.15) is 62.7 Å². The Kier molecular flexibility index (Phi) is 6.52. The van der Waals surface area contributed by atoms with Crippen LogP contribution in [0.15, 0.2) is 40.7 Å². The molecule has 0 aliphatic heterocycles. The molecule has 1 aromatic carbocycles. The molecule has 5 nitrogen and oxygen atoms in total. The standard InChI is InChI=1S/C26H31NO4S/c1-26(2)17-11-16(7-5-3-4-6-8-24(29)30)20(22(26)12-17)14-27-25(31)21-15-32-23-10-9-18(28)13-19(21)23/h3,5,9-10,13-17,20,22,28H,4,6-8,11-12H2,1-2H3,(H,29,30)/b5-3-,27-14?/t16-,17-,20?,22-/m0/s1. The maximum atomic E-state index is 12.9. The Balaban J connectivity index is 1.46.